The Bertz CT molecular complexity index is 355. The number of hydrogen-bond donors (Lipinski definition) is 1. The Labute approximate surface area is 124 Å². The van der Waals surface area contributed by atoms with Crippen LogP contribution in [0.15, 0.2) is 0 Å². The lowest BCUT2D eigenvalue weighted by molar-refractivity contribution is 0.224. The van der Waals surface area contributed by atoms with Gasteiger partial charge in [0.25, 0.3) is 0 Å². The van der Waals surface area contributed by atoms with Crippen LogP contribution >= 0.6 is 0 Å². The van der Waals surface area contributed by atoms with E-state index < -0.39 is 10.0 Å². The molecule has 120 valence electrons. The quantitative estimate of drug-likeness (QED) is 0.615. The molecular formula is C14H31N3O2S. The molecule has 0 aromatic carbocycles. The van der Waals surface area contributed by atoms with E-state index in [0.29, 0.717) is 25.6 Å². The molecule has 1 aliphatic heterocycles. The van der Waals surface area contributed by atoms with Crippen molar-refractivity contribution in [2.75, 3.05) is 45.0 Å². The average Bonchev–Trinajstić information content (AvgIpc) is 2.90. The van der Waals surface area contributed by atoms with Gasteiger partial charge in [0, 0.05) is 19.1 Å². The maximum Gasteiger partial charge on any atom is 0.214 e. The second kappa shape index (κ2) is 8.97. The first-order valence-corrected chi connectivity index (χ1v) is 9.58. The standard InChI is InChI=1S/C14H31N3O2S/c1-4-9-15-10-7-12-20(18,19)17-11-8-14(13-17)16(5-2)6-3/h14-15H,4-13H2,1-3H3. The molecule has 0 aliphatic carbocycles. The van der Waals surface area contributed by atoms with Crippen LogP contribution in [0, 0.1) is 0 Å². The van der Waals surface area contributed by atoms with Crippen molar-refractivity contribution in [2.45, 2.75) is 46.1 Å². The van der Waals surface area contributed by atoms with Gasteiger partial charge in [0.15, 0.2) is 0 Å². The van der Waals surface area contributed by atoms with Crippen LogP contribution in [-0.2, 0) is 10.0 Å². The molecule has 0 aromatic heterocycles. The molecular weight excluding hydrogens is 274 g/mol. The van der Waals surface area contributed by atoms with Crippen LogP contribution in [0.1, 0.15) is 40.0 Å². The number of nitrogens with one attached hydrogen (secondary N) is 1. The predicted molar refractivity (Wildman–Crippen MR) is 84.5 cm³/mol. The number of sulfonamides is 1. The minimum Gasteiger partial charge on any atom is -0.317 e. The highest BCUT2D eigenvalue weighted by Crippen LogP contribution is 2.19. The van der Waals surface area contributed by atoms with Gasteiger partial charge < -0.3 is 5.32 Å². The van der Waals surface area contributed by atoms with Gasteiger partial charge in [-0.25, -0.2) is 12.7 Å². The van der Waals surface area contributed by atoms with E-state index >= 15 is 0 Å². The zero-order chi connectivity index (χ0) is 15.0. The number of hydrogen-bond acceptors (Lipinski definition) is 4. The van der Waals surface area contributed by atoms with Crippen LogP contribution in [0.2, 0.25) is 0 Å². The molecule has 0 spiro atoms. The summed E-state index contributed by atoms with van der Waals surface area (Å²) in [6, 6.07) is 0.401. The average molecular weight is 305 g/mol. The minimum atomic E-state index is -3.06. The highest BCUT2D eigenvalue weighted by Gasteiger charge is 2.32. The molecule has 0 saturated carbocycles. The van der Waals surface area contributed by atoms with Crippen LogP contribution < -0.4 is 5.32 Å². The second-order valence-electron chi connectivity index (χ2n) is 5.44. The van der Waals surface area contributed by atoms with Crippen molar-refractivity contribution in [3.8, 4) is 0 Å². The van der Waals surface area contributed by atoms with Gasteiger partial charge in [0.05, 0.1) is 5.75 Å². The van der Waals surface area contributed by atoms with Crippen molar-refractivity contribution in [1.29, 1.82) is 0 Å². The zero-order valence-corrected chi connectivity index (χ0v) is 14.1. The summed E-state index contributed by atoms with van der Waals surface area (Å²) >= 11 is 0. The molecule has 0 radical (unpaired) electrons. The molecule has 6 heteroatoms. The van der Waals surface area contributed by atoms with Crippen molar-refractivity contribution >= 4 is 10.0 Å². The molecule has 1 aliphatic rings. The van der Waals surface area contributed by atoms with Crippen molar-refractivity contribution in [3.05, 3.63) is 0 Å². The fourth-order valence-electron chi connectivity index (χ4n) is 2.81. The molecule has 20 heavy (non-hydrogen) atoms. The monoisotopic (exact) mass is 305 g/mol. The van der Waals surface area contributed by atoms with E-state index in [1.54, 1.807) is 4.31 Å². The van der Waals surface area contributed by atoms with Crippen LogP contribution in [0.4, 0.5) is 0 Å². The molecule has 1 fully saturated rings. The van der Waals surface area contributed by atoms with Crippen molar-refractivity contribution in [1.82, 2.24) is 14.5 Å². The Morgan fingerprint density at radius 3 is 2.50 bits per heavy atom. The van der Waals surface area contributed by atoms with Crippen LogP contribution in [0.5, 0.6) is 0 Å². The van der Waals surface area contributed by atoms with Gasteiger partial charge in [0.2, 0.25) is 10.0 Å². The summed E-state index contributed by atoms with van der Waals surface area (Å²) in [5.41, 5.74) is 0. The summed E-state index contributed by atoms with van der Waals surface area (Å²) in [7, 11) is -3.06. The van der Waals surface area contributed by atoms with E-state index in [0.717, 1.165) is 39.0 Å². The van der Waals surface area contributed by atoms with E-state index in [4.69, 9.17) is 0 Å². The zero-order valence-electron chi connectivity index (χ0n) is 13.3. The summed E-state index contributed by atoms with van der Waals surface area (Å²) in [6.07, 6.45) is 2.76. The Kier molecular flexibility index (Phi) is 8.02. The molecule has 1 atom stereocenters. The first-order chi connectivity index (χ1) is 9.55. The molecule has 1 N–H and O–H groups in total. The van der Waals surface area contributed by atoms with Gasteiger partial charge >= 0.3 is 0 Å². The summed E-state index contributed by atoms with van der Waals surface area (Å²) < 4.78 is 26.3. The van der Waals surface area contributed by atoms with Crippen molar-refractivity contribution < 1.29 is 8.42 Å². The topological polar surface area (TPSA) is 52.7 Å². The SMILES string of the molecule is CCCNCCCS(=O)(=O)N1CCC(N(CC)CC)C1. The van der Waals surface area contributed by atoms with E-state index in [2.05, 4.69) is 31.0 Å². The summed E-state index contributed by atoms with van der Waals surface area (Å²) in [4.78, 5) is 2.36. The smallest absolute Gasteiger partial charge is 0.214 e. The molecule has 0 bridgehead atoms. The molecule has 0 aromatic rings. The van der Waals surface area contributed by atoms with E-state index in [-0.39, 0.29) is 5.75 Å². The Hall–Kier alpha value is -0.170. The van der Waals surface area contributed by atoms with E-state index in [9.17, 15) is 8.42 Å². The molecule has 1 rings (SSSR count). The first-order valence-electron chi connectivity index (χ1n) is 7.97. The lowest BCUT2D eigenvalue weighted by atomic mass is 10.2. The third kappa shape index (κ3) is 5.31. The normalized spacial score (nSPS) is 20.9. The fraction of sp³-hybridized carbons (Fsp3) is 1.00. The maximum atomic E-state index is 12.3. The Morgan fingerprint density at radius 2 is 1.90 bits per heavy atom. The van der Waals surface area contributed by atoms with Gasteiger partial charge in [-0.1, -0.05) is 20.8 Å². The number of likely N-dealkylation sites (N-methyl/N-ethyl adjacent to an activating group) is 1. The van der Waals surface area contributed by atoms with Crippen LogP contribution in [0.25, 0.3) is 0 Å². The summed E-state index contributed by atoms with van der Waals surface area (Å²) in [5, 5.41) is 3.25. The predicted octanol–water partition coefficient (Wildman–Crippen LogP) is 1.12. The molecule has 5 nitrogen and oxygen atoms in total. The lowest BCUT2D eigenvalue weighted by Gasteiger charge is -2.26. The van der Waals surface area contributed by atoms with E-state index in [1.165, 1.54) is 0 Å². The van der Waals surface area contributed by atoms with Gasteiger partial charge in [0.1, 0.15) is 0 Å². The third-order valence-electron chi connectivity index (χ3n) is 4.03. The minimum absolute atomic E-state index is 0.273. The Morgan fingerprint density at radius 1 is 1.20 bits per heavy atom. The largest absolute Gasteiger partial charge is 0.317 e. The summed E-state index contributed by atoms with van der Waals surface area (Å²) in [5.74, 6) is 0.273. The van der Waals surface area contributed by atoms with Crippen LogP contribution in [-0.4, -0.2) is 68.7 Å². The second-order valence-corrected chi connectivity index (χ2v) is 7.53. The molecule has 1 heterocycles. The Balaban J connectivity index is 2.37. The van der Waals surface area contributed by atoms with Gasteiger partial charge in [-0.15, -0.1) is 0 Å². The van der Waals surface area contributed by atoms with Crippen LogP contribution in [0.3, 0.4) is 0 Å². The fourth-order valence-corrected chi connectivity index (χ4v) is 4.36. The highest BCUT2D eigenvalue weighted by atomic mass is 32.2. The maximum absolute atomic E-state index is 12.3. The lowest BCUT2D eigenvalue weighted by Crippen LogP contribution is -2.39. The van der Waals surface area contributed by atoms with Gasteiger partial charge in [-0.05, 0) is 45.4 Å². The molecule has 1 unspecified atom stereocenters. The van der Waals surface area contributed by atoms with Crippen molar-refractivity contribution in [3.63, 3.8) is 0 Å². The van der Waals surface area contributed by atoms with E-state index in [1.807, 2.05) is 0 Å². The third-order valence-corrected chi connectivity index (χ3v) is 5.95. The van der Waals surface area contributed by atoms with Crippen molar-refractivity contribution in [2.24, 2.45) is 0 Å². The number of rotatable bonds is 10. The summed E-state index contributed by atoms with van der Waals surface area (Å²) in [6.45, 7) is 11.5. The molecule has 0 amide bonds. The molecule has 1 saturated heterocycles. The first kappa shape index (κ1) is 17.9. The number of nitrogens with zero attached hydrogens (tertiary/aromatic N) is 2. The highest BCUT2D eigenvalue weighted by molar-refractivity contribution is 7.89. The van der Waals surface area contributed by atoms with Gasteiger partial charge in [-0.2, -0.15) is 0 Å². The van der Waals surface area contributed by atoms with Gasteiger partial charge in [-0.3, -0.25) is 4.90 Å².